The van der Waals surface area contributed by atoms with Gasteiger partial charge in [-0.25, -0.2) is 0 Å². The highest BCUT2D eigenvalue weighted by atomic mass is 16.5. The van der Waals surface area contributed by atoms with Gasteiger partial charge in [-0.2, -0.15) is 0 Å². The predicted molar refractivity (Wildman–Crippen MR) is 72.9 cm³/mol. The van der Waals surface area contributed by atoms with Crippen LogP contribution in [0.4, 0.5) is 0 Å². The molecular formula is C16H14O3. The lowest BCUT2D eigenvalue weighted by Gasteiger charge is -2.04. The van der Waals surface area contributed by atoms with Gasteiger partial charge in [0, 0.05) is 16.7 Å². The van der Waals surface area contributed by atoms with Gasteiger partial charge in [0.2, 0.25) is 0 Å². The molecule has 0 aliphatic carbocycles. The van der Waals surface area contributed by atoms with Crippen LogP contribution in [0.25, 0.3) is 0 Å². The fourth-order valence-electron chi connectivity index (χ4n) is 1.79. The van der Waals surface area contributed by atoms with Crippen molar-refractivity contribution in [3.05, 3.63) is 65.2 Å². The third-order valence-corrected chi connectivity index (χ3v) is 2.88. The number of rotatable bonds is 4. The maximum Gasteiger partial charge on any atom is 0.193 e. The molecular weight excluding hydrogens is 240 g/mol. The molecule has 0 unspecified atom stereocenters. The van der Waals surface area contributed by atoms with Gasteiger partial charge in [0.15, 0.2) is 11.6 Å². The molecule has 3 nitrogen and oxygen atoms in total. The van der Waals surface area contributed by atoms with Crippen molar-refractivity contribution in [1.82, 2.24) is 0 Å². The third-order valence-electron chi connectivity index (χ3n) is 2.88. The molecule has 3 heteroatoms. The summed E-state index contributed by atoms with van der Waals surface area (Å²) in [5.74, 6) is 0.546. The summed E-state index contributed by atoms with van der Waals surface area (Å²) in [5.41, 5.74) is 1.62. The third kappa shape index (κ3) is 2.88. The standard InChI is InChI=1S/C16H14O3/c1-11(17)13-4-3-5-14(10-13)16(18)12-6-8-15(19-2)9-7-12/h3-10H,1-2H3. The van der Waals surface area contributed by atoms with E-state index in [1.165, 1.54) is 6.92 Å². The highest BCUT2D eigenvalue weighted by Crippen LogP contribution is 2.16. The van der Waals surface area contributed by atoms with E-state index in [0.717, 1.165) is 0 Å². The van der Waals surface area contributed by atoms with Crippen molar-refractivity contribution in [1.29, 1.82) is 0 Å². The van der Waals surface area contributed by atoms with Crippen LogP contribution >= 0.6 is 0 Å². The van der Waals surface area contributed by atoms with Crippen LogP contribution in [0.2, 0.25) is 0 Å². The molecule has 19 heavy (non-hydrogen) atoms. The number of benzene rings is 2. The van der Waals surface area contributed by atoms with E-state index in [2.05, 4.69) is 0 Å². The highest BCUT2D eigenvalue weighted by Gasteiger charge is 2.10. The van der Waals surface area contributed by atoms with Gasteiger partial charge in [-0.05, 0) is 37.3 Å². The van der Waals surface area contributed by atoms with Gasteiger partial charge in [-0.1, -0.05) is 18.2 Å². The first-order valence-corrected chi connectivity index (χ1v) is 5.91. The van der Waals surface area contributed by atoms with Gasteiger partial charge in [0.05, 0.1) is 7.11 Å². The zero-order chi connectivity index (χ0) is 13.8. The summed E-state index contributed by atoms with van der Waals surface area (Å²) in [6.45, 7) is 1.48. The van der Waals surface area contributed by atoms with E-state index in [1.54, 1.807) is 55.6 Å². The molecule has 2 aromatic carbocycles. The van der Waals surface area contributed by atoms with Gasteiger partial charge in [0.25, 0.3) is 0 Å². The zero-order valence-corrected chi connectivity index (χ0v) is 10.8. The van der Waals surface area contributed by atoms with Crippen molar-refractivity contribution in [2.75, 3.05) is 7.11 Å². The summed E-state index contributed by atoms with van der Waals surface area (Å²) in [6.07, 6.45) is 0. The van der Waals surface area contributed by atoms with Crippen LogP contribution in [-0.4, -0.2) is 18.7 Å². The summed E-state index contributed by atoms with van der Waals surface area (Å²) >= 11 is 0. The number of carbonyl (C=O) groups is 2. The predicted octanol–water partition coefficient (Wildman–Crippen LogP) is 3.13. The average molecular weight is 254 g/mol. The molecule has 0 fully saturated rings. The van der Waals surface area contributed by atoms with E-state index >= 15 is 0 Å². The molecule has 0 saturated heterocycles. The number of ketones is 2. The number of carbonyl (C=O) groups excluding carboxylic acids is 2. The highest BCUT2D eigenvalue weighted by molar-refractivity contribution is 6.10. The van der Waals surface area contributed by atoms with Gasteiger partial charge in [-0.15, -0.1) is 0 Å². The maximum atomic E-state index is 12.3. The molecule has 96 valence electrons. The lowest BCUT2D eigenvalue weighted by molar-refractivity contribution is 0.101. The van der Waals surface area contributed by atoms with Gasteiger partial charge >= 0.3 is 0 Å². The molecule has 0 aliphatic rings. The Morgan fingerprint density at radius 1 is 0.895 bits per heavy atom. The maximum absolute atomic E-state index is 12.3. The van der Waals surface area contributed by atoms with Crippen molar-refractivity contribution in [2.45, 2.75) is 6.92 Å². The minimum absolute atomic E-state index is 0.0515. The fraction of sp³-hybridized carbons (Fsp3) is 0.125. The van der Waals surface area contributed by atoms with Crippen molar-refractivity contribution in [3.8, 4) is 5.75 Å². The average Bonchev–Trinajstić information content (AvgIpc) is 2.46. The van der Waals surface area contributed by atoms with E-state index in [-0.39, 0.29) is 11.6 Å². The Morgan fingerprint density at radius 2 is 1.53 bits per heavy atom. The minimum atomic E-state index is -0.106. The summed E-state index contributed by atoms with van der Waals surface area (Å²) < 4.78 is 5.05. The Kier molecular flexibility index (Phi) is 3.76. The second-order valence-electron chi connectivity index (χ2n) is 4.19. The second-order valence-corrected chi connectivity index (χ2v) is 4.19. The van der Waals surface area contributed by atoms with E-state index in [1.807, 2.05) is 0 Å². The van der Waals surface area contributed by atoms with Crippen molar-refractivity contribution < 1.29 is 14.3 Å². The van der Waals surface area contributed by atoms with Crippen LogP contribution in [0, 0.1) is 0 Å². The molecule has 0 bridgehead atoms. The van der Waals surface area contributed by atoms with Crippen LogP contribution in [0.5, 0.6) is 5.75 Å². The molecule has 0 radical (unpaired) electrons. The fourth-order valence-corrected chi connectivity index (χ4v) is 1.79. The molecule has 0 aromatic heterocycles. The first-order valence-electron chi connectivity index (χ1n) is 5.91. The monoisotopic (exact) mass is 254 g/mol. The second kappa shape index (κ2) is 5.48. The van der Waals surface area contributed by atoms with Gasteiger partial charge in [0.1, 0.15) is 5.75 Å². The largest absolute Gasteiger partial charge is 0.497 e. The van der Waals surface area contributed by atoms with Gasteiger partial charge in [-0.3, -0.25) is 9.59 Å². The molecule has 0 amide bonds. The number of ether oxygens (including phenoxy) is 1. The van der Waals surface area contributed by atoms with Crippen LogP contribution in [-0.2, 0) is 0 Å². The molecule has 2 aromatic rings. The summed E-state index contributed by atoms with van der Waals surface area (Å²) in [7, 11) is 1.58. The molecule has 0 saturated carbocycles. The molecule has 0 heterocycles. The van der Waals surface area contributed by atoms with Crippen LogP contribution in [0.15, 0.2) is 48.5 Å². The first kappa shape index (κ1) is 13.0. The number of hydrogen-bond acceptors (Lipinski definition) is 3. The van der Waals surface area contributed by atoms with E-state index < -0.39 is 0 Å². The molecule has 0 aliphatic heterocycles. The van der Waals surface area contributed by atoms with Crippen molar-refractivity contribution >= 4 is 11.6 Å². The van der Waals surface area contributed by atoms with Crippen molar-refractivity contribution in [3.63, 3.8) is 0 Å². The Bertz CT molecular complexity index is 612. The Morgan fingerprint density at radius 3 is 2.11 bits per heavy atom. The number of hydrogen-bond donors (Lipinski definition) is 0. The molecule has 0 spiro atoms. The van der Waals surface area contributed by atoms with Crippen LogP contribution in [0.1, 0.15) is 33.2 Å². The summed E-state index contributed by atoms with van der Waals surface area (Å²) in [5, 5.41) is 0. The lowest BCUT2D eigenvalue weighted by Crippen LogP contribution is -2.03. The topological polar surface area (TPSA) is 43.4 Å². The number of methoxy groups -OCH3 is 1. The summed E-state index contributed by atoms with van der Waals surface area (Å²) in [4.78, 5) is 23.6. The molecule has 0 atom stereocenters. The van der Waals surface area contributed by atoms with Crippen LogP contribution < -0.4 is 4.74 Å². The lowest BCUT2D eigenvalue weighted by atomic mass is 10.0. The zero-order valence-electron chi connectivity index (χ0n) is 10.8. The van der Waals surface area contributed by atoms with E-state index in [9.17, 15) is 9.59 Å². The summed E-state index contributed by atoms with van der Waals surface area (Å²) in [6, 6.07) is 13.6. The van der Waals surface area contributed by atoms with E-state index in [0.29, 0.717) is 22.4 Å². The smallest absolute Gasteiger partial charge is 0.193 e. The quantitative estimate of drug-likeness (QED) is 0.787. The normalized spacial score (nSPS) is 10.0. The molecule has 2 rings (SSSR count). The Balaban J connectivity index is 2.32. The molecule has 0 N–H and O–H groups in total. The van der Waals surface area contributed by atoms with E-state index in [4.69, 9.17) is 4.74 Å². The number of Topliss-reactive ketones (excluding diaryl/α,β-unsaturated/α-hetero) is 1. The Hall–Kier alpha value is -2.42. The van der Waals surface area contributed by atoms with Crippen LogP contribution in [0.3, 0.4) is 0 Å². The minimum Gasteiger partial charge on any atom is -0.497 e. The van der Waals surface area contributed by atoms with Crippen molar-refractivity contribution in [2.24, 2.45) is 0 Å². The van der Waals surface area contributed by atoms with Gasteiger partial charge < -0.3 is 4.74 Å². The Labute approximate surface area is 111 Å². The SMILES string of the molecule is COc1ccc(C(=O)c2cccc(C(C)=O)c2)cc1. The first-order chi connectivity index (χ1) is 9.11.